The Balaban J connectivity index is 2.28. The van der Waals surface area contributed by atoms with Gasteiger partial charge in [-0.25, -0.2) is 9.37 Å². The minimum atomic E-state index is -0.211. The number of hydrogen-bond acceptors (Lipinski definition) is 3. The lowest BCUT2D eigenvalue weighted by Gasteiger charge is -2.07. The zero-order valence-electron chi connectivity index (χ0n) is 12.2. The summed E-state index contributed by atoms with van der Waals surface area (Å²) < 4.78 is 13.3. The molecule has 108 valence electrons. The molecule has 1 heterocycles. The first-order valence-electron chi connectivity index (χ1n) is 7.08. The highest BCUT2D eigenvalue weighted by Gasteiger charge is 2.12. The molecule has 0 radical (unpaired) electrons. The Morgan fingerprint density at radius 2 is 2.15 bits per heavy atom. The fourth-order valence-corrected chi connectivity index (χ4v) is 3.05. The molecule has 0 fully saturated rings. The van der Waals surface area contributed by atoms with Crippen LogP contribution in [0.15, 0.2) is 24.3 Å². The highest BCUT2D eigenvalue weighted by molar-refractivity contribution is 7.15. The molecule has 0 saturated heterocycles. The zero-order chi connectivity index (χ0) is 14.5. The van der Waals surface area contributed by atoms with E-state index in [1.807, 2.05) is 6.07 Å². The highest BCUT2D eigenvalue weighted by atomic mass is 32.1. The van der Waals surface area contributed by atoms with E-state index in [9.17, 15) is 4.39 Å². The summed E-state index contributed by atoms with van der Waals surface area (Å²) in [6, 6.07) is 7.11. The molecule has 0 bridgehead atoms. The first kappa shape index (κ1) is 15.1. The lowest BCUT2D eigenvalue weighted by atomic mass is 10.2. The minimum absolute atomic E-state index is 0.211. The summed E-state index contributed by atoms with van der Waals surface area (Å²) in [7, 11) is 0. The first-order chi connectivity index (χ1) is 9.60. The zero-order valence-corrected chi connectivity index (χ0v) is 13.1. The molecule has 2 rings (SSSR count). The Kier molecular flexibility index (Phi) is 5.26. The average molecular weight is 292 g/mol. The van der Waals surface area contributed by atoms with Crippen molar-refractivity contribution in [2.75, 3.05) is 0 Å². The summed E-state index contributed by atoms with van der Waals surface area (Å²) >= 11 is 1.66. The van der Waals surface area contributed by atoms with Crippen LogP contribution in [0, 0.1) is 5.82 Å². The van der Waals surface area contributed by atoms with Gasteiger partial charge in [-0.15, -0.1) is 11.3 Å². The van der Waals surface area contributed by atoms with Gasteiger partial charge in [0.25, 0.3) is 0 Å². The van der Waals surface area contributed by atoms with Crippen molar-refractivity contribution < 1.29 is 4.39 Å². The van der Waals surface area contributed by atoms with E-state index in [0.717, 1.165) is 35.7 Å². The van der Waals surface area contributed by atoms with Crippen LogP contribution in [0.5, 0.6) is 0 Å². The molecule has 0 aliphatic carbocycles. The number of nitrogens with one attached hydrogen (secondary N) is 1. The summed E-state index contributed by atoms with van der Waals surface area (Å²) in [6.45, 7) is 7.25. The van der Waals surface area contributed by atoms with E-state index in [1.165, 1.54) is 10.9 Å². The van der Waals surface area contributed by atoms with Gasteiger partial charge in [0.1, 0.15) is 10.8 Å². The summed E-state index contributed by atoms with van der Waals surface area (Å²) in [5, 5.41) is 4.34. The number of benzene rings is 1. The Labute approximate surface area is 124 Å². The molecule has 0 spiro atoms. The van der Waals surface area contributed by atoms with Crippen molar-refractivity contribution in [2.45, 2.75) is 46.2 Å². The standard InChI is InChI=1S/C16H21FN2S/c1-4-6-14-15(10-18-11(2)3)20-16(19-14)12-7-5-8-13(17)9-12/h5,7-9,11,18H,4,6,10H2,1-3H3. The second kappa shape index (κ2) is 6.95. The van der Waals surface area contributed by atoms with E-state index < -0.39 is 0 Å². The van der Waals surface area contributed by atoms with Crippen molar-refractivity contribution in [3.05, 3.63) is 40.7 Å². The summed E-state index contributed by atoms with van der Waals surface area (Å²) in [5.74, 6) is -0.211. The lowest BCUT2D eigenvalue weighted by molar-refractivity contribution is 0.589. The minimum Gasteiger partial charge on any atom is -0.310 e. The third kappa shape index (κ3) is 3.87. The quantitative estimate of drug-likeness (QED) is 0.853. The molecule has 0 atom stereocenters. The van der Waals surface area contributed by atoms with Crippen molar-refractivity contribution in [1.82, 2.24) is 10.3 Å². The molecule has 1 aromatic carbocycles. The Hall–Kier alpha value is -1.26. The van der Waals surface area contributed by atoms with Crippen LogP contribution in [0.3, 0.4) is 0 Å². The van der Waals surface area contributed by atoms with E-state index in [1.54, 1.807) is 23.5 Å². The third-order valence-corrected chi connectivity index (χ3v) is 4.15. The molecular formula is C16H21FN2S. The molecule has 2 aromatic rings. The van der Waals surface area contributed by atoms with Crippen LogP contribution in [0.4, 0.5) is 4.39 Å². The van der Waals surface area contributed by atoms with Crippen molar-refractivity contribution in [3.63, 3.8) is 0 Å². The van der Waals surface area contributed by atoms with Gasteiger partial charge in [-0.2, -0.15) is 0 Å². The second-order valence-corrected chi connectivity index (χ2v) is 6.27. The summed E-state index contributed by atoms with van der Waals surface area (Å²) in [4.78, 5) is 5.96. The number of nitrogens with zero attached hydrogens (tertiary/aromatic N) is 1. The van der Waals surface area contributed by atoms with Crippen LogP contribution >= 0.6 is 11.3 Å². The molecule has 1 N–H and O–H groups in total. The van der Waals surface area contributed by atoms with Crippen molar-refractivity contribution in [2.24, 2.45) is 0 Å². The monoisotopic (exact) mass is 292 g/mol. The van der Waals surface area contributed by atoms with E-state index in [-0.39, 0.29) is 5.82 Å². The predicted octanol–water partition coefficient (Wildman–Crippen LogP) is 4.40. The number of halogens is 1. The smallest absolute Gasteiger partial charge is 0.124 e. The summed E-state index contributed by atoms with van der Waals surface area (Å²) in [5.41, 5.74) is 2.01. The van der Waals surface area contributed by atoms with E-state index in [0.29, 0.717) is 6.04 Å². The average Bonchev–Trinajstić information content (AvgIpc) is 2.80. The van der Waals surface area contributed by atoms with E-state index in [2.05, 4.69) is 26.1 Å². The Morgan fingerprint density at radius 3 is 2.80 bits per heavy atom. The third-order valence-electron chi connectivity index (χ3n) is 3.01. The lowest BCUT2D eigenvalue weighted by Crippen LogP contribution is -2.21. The van der Waals surface area contributed by atoms with Gasteiger partial charge in [0.15, 0.2) is 0 Å². The predicted molar refractivity (Wildman–Crippen MR) is 83.5 cm³/mol. The number of rotatable bonds is 6. The van der Waals surface area contributed by atoms with Crippen LogP contribution < -0.4 is 5.32 Å². The number of aryl methyl sites for hydroxylation is 1. The van der Waals surface area contributed by atoms with Crippen LogP contribution in [0.1, 0.15) is 37.8 Å². The molecule has 0 aliphatic heterocycles. The van der Waals surface area contributed by atoms with Gasteiger partial charge < -0.3 is 5.32 Å². The van der Waals surface area contributed by atoms with Gasteiger partial charge in [0.05, 0.1) is 5.69 Å². The SMILES string of the molecule is CCCc1nc(-c2cccc(F)c2)sc1CNC(C)C. The molecule has 1 aromatic heterocycles. The Morgan fingerprint density at radius 1 is 1.35 bits per heavy atom. The van der Waals surface area contributed by atoms with E-state index in [4.69, 9.17) is 4.98 Å². The van der Waals surface area contributed by atoms with E-state index >= 15 is 0 Å². The van der Waals surface area contributed by atoms with Gasteiger partial charge in [0, 0.05) is 23.0 Å². The second-order valence-electron chi connectivity index (χ2n) is 5.18. The highest BCUT2D eigenvalue weighted by Crippen LogP contribution is 2.29. The fraction of sp³-hybridized carbons (Fsp3) is 0.438. The molecule has 20 heavy (non-hydrogen) atoms. The van der Waals surface area contributed by atoms with Crippen molar-refractivity contribution >= 4 is 11.3 Å². The fourth-order valence-electron chi connectivity index (χ4n) is 2.00. The molecule has 0 saturated carbocycles. The summed E-state index contributed by atoms with van der Waals surface area (Å²) in [6.07, 6.45) is 2.04. The van der Waals surface area contributed by atoms with Crippen molar-refractivity contribution in [1.29, 1.82) is 0 Å². The topological polar surface area (TPSA) is 24.9 Å². The van der Waals surface area contributed by atoms with Crippen LogP contribution in [-0.2, 0) is 13.0 Å². The van der Waals surface area contributed by atoms with Gasteiger partial charge in [-0.3, -0.25) is 0 Å². The molecular weight excluding hydrogens is 271 g/mol. The largest absolute Gasteiger partial charge is 0.310 e. The normalized spacial score (nSPS) is 11.2. The molecule has 0 amide bonds. The van der Waals surface area contributed by atoms with Gasteiger partial charge in [-0.05, 0) is 18.6 Å². The van der Waals surface area contributed by atoms with Crippen LogP contribution in [0.25, 0.3) is 10.6 Å². The maximum Gasteiger partial charge on any atom is 0.124 e. The number of hydrogen-bond donors (Lipinski definition) is 1. The molecule has 0 aliphatic rings. The maximum absolute atomic E-state index is 13.3. The van der Waals surface area contributed by atoms with Crippen molar-refractivity contribution in [3.8, 4) is 10.6 Å². The number of aromatic nitrogens is 1. The molecule has 4 heteroatoms. The van der Waals surface area contributed by atoms with Gasteiger partial charge >= 0.3 is 0 Å². The Bertz CT molecular complexity index is 563. The molecule has 0 unspecified atom stereocenters. The van der Waals surface area contributed by atoms with Crippen LogP contribution in [-0.4, -0.2) is 11.0 Å². The molecule has 2 nitrogen and oxygen atoms in total. The number of thiazole rings is 1. The van der Waals surface area contributed by atoms with Crippen LogP contribution in [0.2, 0.25) is 0 Å². The maximum atomic E-state index is 13.3. The first-order valence-corrected chi connectivity index (χ1v) is 7.89. The van der Waals surface area contributed by atoms with Gasteiger partial charge in [-0.1, -0.05) is 39.3 Å². The van der Waals surface area contributed by atoms with Gasteiger partial charge in [0.2, 0.25) is 0 Å².